The maximum atomic E-state index is 14.9. The Balaban J connectivity index is 1.20. The van der Waals surface area contributed by atoms with E-state index in [-0.39, 0.29) is 30.1 Å². The largest absolute Gasteiger partial charge is 0.398 e. The number of H-pyrrole nitrogens is 1. The van der Waals surface area contributed by atoms with Crippen molar-refractivity contribution in [3.05, 3.63) is 141 Å². The molecule has 280 valence electrons. The first kappa shape index (κ1) is 35.7. The van der Waals surface area contributed by atoms with Crippen LogP contribution in [0.15, 0.2) is 97.2 Å². The zero-order chi connectivity index (χ0) is 38.2. The van der Waals surface area contributed by atoms with E-state index in [1.807, 2.05) is 72.0 Å². The van der Waals surface area contributed by atoms with Crippen molar-refractivity contribution in [1.82, 2.24) is 24.6 Å². The molecule has 2 aliphatic rings. The topological polar surface area (TPSA) is 156 Å². The summed E-state index contributed by atoms with van der Waals surface area (Å²) in [6, 6.07) is 27.2. The Bertz CT molecular complexity index is 2430. The first-order valence-electron chi connectivity index (χ1n) is 18.4. The zero-order valence-corrected chi connectivity index (χ0v) is 30.8. The van der Waals surface area contributed by atoms with Gasteiger partial charge in [-0.1, -0.05) is 42.5 Å². The second-order valence-electron chi connectivity index (χ2n) is 14.3. The molecule has 8 rings (SSSR count). The lowest BCUT2D eigenvalue weighted by molar-refractivity contribution is -0.384. The second kappa shape index (κ2) is 14.8. The van der Waals surface area contributed by atoms with Gasteiger partial charge in [0.2, 0.25) is 0 Å². The summed E-state index contributed by atoms with van der Waals surface area (Å²) in [4.78, 5) is 47.3. The number of fused-ring (bicyclic) bond motifs is 2. The van der Waals surface area contributed by atoms with E-state index in [2.05, 4.69) is 27.2 Å². The van der Waals surface area contributed by atoms with E-state index >= 15 is 0 Å². The molecule has 0 saturated carbocycles. The first-order chi connectivity index (χ1) is 26.7. The van der Waals surface area contributed by atoms with E-state index in [9.17, 15) is 19.7 Å². The number of aromatic amines is 1. The summed E-state index contributed by atoms with van der Waals surface area (Å²) in [5.74, 6) is -0.517. The number of carbonyl (C=O) groups is 2. The number of nitrogens with one attached hydrogen (secondary N) is 1. The monoisotopic (exact) mass is 738 g/mol. The van der Waals surface area contributed by atoms with E-state index in [0.29, 0.717) is 72.2 Å². The second-order valence-corrected chi connectivity index (χ2v) is 14.3. The van der Waals surface area contributed by atoms with Gasteiger partial charge in [-0.15, -0.1) is 0 Å². The minimum absolute atomic E-state index is 0.123. The Kier molecular flexibility index (Phi) is 9.64. The van der Waals surface area contributed by atoms with Crippen LogP contribution in [0.5, 0.6) is 0 Å². The summed E-state index contributed by atoms with van der Waals surface area (Å²) >= 11 is 0. The van der Waals surface area contributed by atoms with Gasteiger partial charge < -0.3 is 24.8 Å². The molecule has 1 fully saturated rings. The van der Waals surface area contributed by atoms with Crippen LogP contribution in [0.3, 0.4) is 0 Å². The van der Waals surface area contributed by atoms with Crippen LogP contribution in [0.4, 0.5) is 17.1 Å². The normalized spacial score (nSPS) is 15.9. The molecule has 3 N–H and O–H groups in total. The number of nitro groups is 1. The van der Waals surface area contributed by atoms with Gasteiger partial charge in [-0.2, -0.15) is 5.10 Å². The number of non-ortho nitro benzene ring substituents is 1. The molecule has 55 heavy (non-hydrogen) atoms. The van der Waals surface area contributed by atoms with Crippen LogP contribution in [-0.2, 0) is 31.3 Å². The van der Waals surface area contributed by atoms with E-state index in [0.717, 1.165) is 35.1 Å². The summed E-state index contributed by atoms with van der Waals surface area (Å²) < 4.78 is 7.42. The highest BCUT2D eigenvalue weighted by Gasteiger charge is 2.34. The number of carbonyl (C=O) groups excluding carboxylic acids is 2. The first-order valence-corrected chi connectivity index (χ1v) is 18.4. The van der Waals surface area contributed by atoms with E-state index in [4.69, 9.17) is 10.5 Å². The van der Waals surface area contributed by atoms with E-state index in [1.165, 1.54) is 17.7 Å². The summed E-state index contributed by atoms with van der Waals surface area (Å²) in [5.41, 5.74) is 13.5. The van der Waals surface area contributed by atoms with Crippen LogP contribution in [0.1, 0.15) is 43.1 Å². The van der Waals surface area contributed by atoms with Crippen LogP contribution >= 0.6 is 0 Å². The molecule has 4 aromatic carbocycles. The lowest BCUT2D eigenvalue weighted by atomic mass is 9.92. The molecule has 13 heteroatoms. The van der Waals surface area contributed by atoms with Gasteiger partial charge in [0.05, 0.1) is 42.0 Å². The number of amides is 2. The van der Waals surface area contributed by atoms with Crippen molar-refractivity contribution in [1.29, 1.82) is 0 Å². The fourth-order valence-electron chi connectivity index (χ4n) is 7.81. The molecular weight excluding hydrogens is 697 g/mol. The van der Waals surface area contributed by atoms with Crippen LogP contribution in [0.2, 0.25) is 0 Å². The van der Waals surface area contributed by atoms with Gasteiger partial charge in [0.15, 0.2) is 0 Å². The third-order valence-electron chi connectivity index (χ3n) is 11.0. The number of nitrogens with zero attached hydrogens (tertiary/aromatic N) is 6. The number of hydrogen-bond acceptors (Lipinski definition) is 8. The number of anilines is 2. The number of rotatable bonds is 9. The number of ether oxygens (including phenoxy) is 1. The predicted molar refractivity (Wildman–Crippen MR) is 211 cm³/mol. The highest BCUT2D eigenvalue weighted by Crippen LogP contribution is 2.35. The molecule has 2 amide bonds. The molecule has 0 bridgehead atoms. The average Bonchev–Trinajstić information content (AvgIpc) is 3.80. The Morgan fingerprint density at radius 1 is 0.982 bits per heavy atom. The number of para-hydroxylation sites is 1. The molecule has 0 spiro atoms. The van der Waals surface area contributed by atoms with Crippen molar-refractivity contribution in [2.75, 3.05) is 43.5 Å². The van der Waals surface area contributed by atoms with Crippen molar-refractivity contribution in [3.8, 4) is 11.3 Å². The maximum Gasteiger partial charge on any atom is 0.270 e. The standard InChI is InChI=1S/C42H42N8O5/c1-27-36(42(52)48(25-31-9-5-6-10-38(31)43)32-12-11-29-23-44-45-39(29)21-32)22-40(46(27)2)37-20-33(50(53)54)13-14-35(37)41(51)49-24-30-8-4-3-7-28(30)19-34(49)26-47-15-17-55-18-16-47/h3-14,20-23,34H,15-19,24-26,43H2,1-2H3,(H,44,45)/t34-/m0/s1. The lowest BCUT2D eigenvalue weighted by Crippen LogP contribution is -2.52. The van der Waals surface area contributed by atoms with Gasteiger partial charge in [0, 0.05) is 90.7 Å². The van der Waals surface area contributed by atoms with Crippen molar-refractivity contribution < 1.29 is 19.2 Å². The van der Waals surface area contributed by atoms with E-state index < -0.39 is 4.92 Å². The third kappa shape index (κ3) is 6.95. The zero-order valence-electron chi connectivity index (χ0n) is 30.8. The summed E-state index contributed by atoms with van der Waals surface area (Å²) in [6.07, 6.45) is 2.41. The van der Waals surface area contributed by atoms with Crippen LogP contribution in [0, 0.1) is 17.0 Å². The minimum Gasteiger partial charge on any atom is -0.398 e. The SMILES string of the molecule is Cc1c(C(=O)N(Cc2ccccc2N)c2ccc3cn[nH]c3c2)cc(-c2cc([N+](=O)[O-])ccc2C(=O)N2Cc3ccccc3C[C@H]2CN2CCOCC2)n1C. The molecular formula is C42H42N8O5. The summed E-state index contributed by atoms with van der Waals surface area (Å²) in [5, 5.41) is 20.2. The Morgan fingerprint density at radius 3 is 2.53 bits per heavy atom. The summed E-state index contributed by atoms with van der Waals surface area (Å²) in [7, 11) is 1.81. The van der Waals surface area contributed by atoms with Gasteiger partial charge in [0.25, 0.3) is 17.5 Å². The fraction of sp³-hybridized carbons (Fsp3) is 0.262. The highest BCUT2D eigenvalue weighted by molar-refractivity contribution is 6.09. The van der Waals surface area contributed by atoms with Gasteiger partial charge >= 0.3 is 0 Å². The molecule has 0 unspecified atom stereocenters. The Hall–Kier alpha value is -6.31. The van der Waals surface area contributed by atoms with Gasteiger partial charge in [-0.25, -0.2) is 0 Å². The maximum absolute atomic E-state index is 14.9. The van der Waals surface area contributed by atoms with Gasteiger partial charge in [-0.3, -0.25) is 29.7 Å². The van der Waals surface area contributed by atoms with Crippen molar-refractivity contribution in [2.24, 2.45) is 7.05 Å². The molecule has 2 aliphatic heterocycles. The number of nitro benzene ring substituents is 1. The predicted octanol–water partition coefficient (Wildman–Crippen LogP) is 6.11. The molecule has 13 nitrogen and oxygen atoms in total. The van der Waals surface area contributed by atoms with Crippen LogP contribution in [0.25, 0.3) is 22.2 Å². The van der Waals surface area contributed by atoms with Crippen molar-refractivity contribution in [2.45, 2.75) is 32.5 Å². The molecule has 2 aromatic heterocycles. The number of hydrogen-bond donors (Lipinski definition) is 2. The highest BCUT2D eigenvalue weighted by atomic mass is 16.6. The van der Waals surface area contributed by atoms with E-state index in [1.54, 1.807) is 29.3 Å². The number of nitrogen functional groups attached to an aromatic ring is 1. The van der Waals surface area contributed by atoms with Crippen molar-refractivity contribution in [3.63, 3.8) is 0 Å². The number of morpholine rings is 1. The molecule has 0 aliphatic carbocycles. The number of aromatic nitrogens is 3. The smallest absolute Gasteiger partial charge is 0.270 e. The molecule has 0 radical (unpaired) electrons. The third-order valence-corrected chi connectivity index (χ3v) is 11.0. The molecule has 1 atom stereocenters. The van der Waals surface area contributed by atoms with Crippen molar-refractivity contribution >= 4 is 39.8 Å². The minimum atomic E-state index is -0.463. The molecule has 4 heterocycles. The molecule has 6 aromatic rings. The van der Waals surface area contributed by atoms with Crippen LogP contribution < -0.4 is 10.6 Å². The molecule has 1 saturated heterocycles. The van der Waals surface area contributed by atoms with Gasteiger partial charge in [0.1, 0.15) is 0 Å². The lowest BCUT2D eigenvalue weighted by Gasteiger charge is -2.40. The fourth-order valence-corrected chi connectivity index (χ4v) is 7.81. The average molecular weight is 739 g/mol. The quantitative estimate of drug-likeness (QED) is 0.102. The van der Waals surface area contributed by atoms with Gasteiger partial charge in [-0.05, 0) is 66.4 Å². The summed E-state index contributed by atoms with van der Waals surface area (Å²) in [6.45, 7) is 5.97. The Morgan fingerprint density at radius 2 is 1.75 bits per heavy atom. The Labute approximate surface area is 318 Å². The number of benzene rings is 4. The van der Waals surface area contributed by atoms with Crippen LogP contribution in [-0.4, -0.2) is 80.2 Å². The number of nitrogens with two attached hydrogens (primary N) is 1.